The lowest BCUT2D eigenvalue weighted by molar-refractivity contribution is -0.154. The zero-order valence-corrected chi connectivity index (χ0v) is 14.1. The van der Waals surface area contributed by atoms with Crippen LogP contribution < -0.4 is 5.73 Å². The molecule has 3 atom stereocenters. The Labute approximate surface area is 134 Å². The van der Waals surface area contributed by atoms with Crippen LogP contribution in [0.3, 0.4) is 0 Å². The zero-order valence-electron chi connectivity index (χ0n) is 14.1. The Bertz CT molecular complexity index is 416. The van der Waals surface area contributed by atoms with Gasteiger partial charge in [-0.3, -0.25) is 9.69 Å². The summed E-state index contributed by atoms with van der Waals surface area (Å²) in [6.45, 7) is 7.97. The maximum Gasteiger partial charge on any atom is 0.225 e. The van der Waals surface area contributed by atoms with Gasteiger partial charge in [-0.2, -0.15) is 0 Å². The predicted octanol–water partition coefficient (Wildman–Crippen LogP) is 1.07. The summed E-state index contributed by atoms with van der Waals surface area (Å²) in [5, 5.41) is 0. The molecule has 0 radical (unpaired) electrons. The van der Waals surface area contributed by atoms with Gasteiger partial charge in [-0.1, -0.05) is 12.8 Å². The molecule has 1 aliphatic carbocycles. The lowest BCUT2D eigenvalue weighted by Crippen LogP contribution is -2.70. The number of likely N-dealkylation sites (N-methyl/N-ethyl adjacent to an activating group) is 1. The van der Waals surface area contributed by atoms with Crippen LogP contribution in [-0.2, 0) is 9.53 Å². The van der Waals surface area contributed by atoms with Crippen LogP contribution in [0.25, 0.3) is 0 Å². The van der Waals surface area contributed by atoms with Gasteiger partial charge < -0.3 is 15.4 Å². The molecular formula is C17H31N3O2. The number of nitrogens with two attached hydrogens (primary N) is 1. The van der Waals surface area contributed by atoms with Crippen molar-refractivity contribution in [2.45, 2.75) is 44.6 Å². The SMILES string of the molecule is CN1CCN(C2(C3CCOC3)CCCCC2(C)C(N)=O)CC1. The summed E-state index contributed by atoms with van der Waals surface area (Å²) in [6, 6.07) is 0. The summed E-state index contributed by atoms with van der Waals surface area (Å²) >= 11 is 0. The second-order valence-corrected chi connectivity index (χ2v) is 7.68. The Morgan fingerprint density at radius 3 is 2.45 bits per heavy atom. The minimum Gasteiger partial charge on any atom is -0.381 e. The minimum absolute atomic E-state index is 0.102. The number of ether oxygens (including phenoxy) is 1. The molecule has 0 aromatic carbocycles. The van der Waals surface area contributed by atoms with Crippen LogP contribution in [-0.4, -0.2) is 67.7 Å². The van der Waals surface area contributed by atoms with E-state index in [-0.39, 0.29) is 11.4 Å². The van der Waals surface area contributed by atoms with Crippen molar-refractivity contribution in [3.8, 4) is 0 Å². The molecule has 2 aliphatic heterocycles. The molecule has 1 amide bonds. The molecule has 1 saturated carbocycles. The number of amides is 1. The topological polar surface area (TPSA) is 58.8 Å². The van der Waals surface area contributed by atoms with Crippen molar-refractivity contribution in [3.63, 3.8) is 0 Å². The fourth-order valence-corrected chi connectivity index (χ4v) is 5.24. The summed E-state index contributed by atoms with van der Waals surface area (Å²) in [6.07, 6.45) is 5.39. The maximum atomic E-state index is 12.5. The third-order valence-corrected chi connectivity index (χ3v) is 6.66. The molecule has 3 unspecified atom stereocenters. The summed E-state index contributed by atoms with van der Waals surface area (Å²) in [5.41, 5.74) is 5.43. The van der Waals surface area contributed by atoms with E-state index in [4.69, 9.17) is 10.5 Å². The van der Waals surface area contributed by atoms with Gasteiger partial charge >= 0.3 is 0 Å². The summed E-state index contributed by atoms with van der Waals surface area (Å²) in [7, 11) is 2.18. The number of primary amides is 1. The molecule has 22 heavy (non-hydrogen) atoms. The molecule has 126 valence electrons. The quantitative estimate of drug-likeness (QED) is 0.847. The first-order chi connectivity index (χ1) is 10.5. The third-order valence-electron chi connectivity index (χ3n) is 6.66. The van der Waals surface area contributed by atoms with Crippen molar-refractivity contribution in [2.75, 3.05) is 46.4 Å². The van der Waals surface area contributed by atoms with Gasteiger partial charge in [0.1, 0.15) is 0 Å². The van der Waals surface area contributed by atoms with E-state index in [0.29, 0.717) is 5.92 Å². The lowest BCUT2D eigenvalue weighted by atomic mass is 9.55. The van der Waals surface area contributed by atoms with Gasteiger partial charge in [0.05, 0.1) is 12.0 Å². The largest absolute Gasteiger partial charge is 0.381 e. The van der Waals surface area contributed by atoms with Gasteiger partial charge in [0.15, 0.2) is 0 Å². The van der Waals surface area contributed by atoms with Gasteiger partial charge in [0.2, 0.25) is 5.91 Å². The van der Waals surface area contributed by atoms with Crippen LogP contribution in [0, 0.1) is 11.3 Å². The monoisotopic (exact) mass is 309 g/mol. The van der Waals surface area contributed by atoms with E-state index in [2.05, 4.69) is 23.8 Å². The van der Waals surface area contributed by atoms with Gasteiger partial charge in [0, 0.05) is 44.2 Å². The minimum atomic E-state index is -0.431. The summed E-state index contributed by atoms with van der Waals surface area (Å²) < 4.78 is 5.73. The first kappa shape index (κ1) is 16.2. The van der Waals surface area contributed by atoms with Crippen molar-refractivity contribution in [1.82, 2.24) is 9.80 Å². The molecule has 3 fully saturated rings. The van der Waals surface area contributed by atoms with E-state index in [1.165, 1.54) is 6.42 Å². The van der Waals surface area contributed by atoms with Crippen LogP contribution >= 0.6 is 0 Å². The molecule has 3 rings (SSSR count). The van der Waals surface area contributed by atoms with E-state index < -0.39 is 5.41 Å². The standard InChI is InChI=1S/C17H31N3O2/c1-16(15(18)21)6-3-4-7-17(16,14-5-12-22-13-14)20-10-8-19(2)9-11-20/h14H,3-13H2,1-2H3,(H2,18,21). The fourth-order valence-electron chi connectivity index (χ4n) is 5.24. The fraction of sp³-hybridized carbons (Fsp3) is 0.941. The Kier molecular flexibility index (Phi) is 4.49. The molecular weight excluding hydrogens is 278 g/mol. The van der Waals surface area contributed by atoms with E-state index in [1.54, 1.807) is 0 Å². The van der Waals surface area contributed by atoms with Gasteiger partial charge in [-0.25, -0.2) is 0 Å². The molecule has 0 aromatic rings. The molecule has 5 heteroatoms. The van der Waals surface area contributed by atoms with E-state index in [1.807, 2.05) is 0 Å². The molecule has 2 saturated heterocycles. The lowest BCUT2D eigenvalue weighted by Gasteiger charge is -2.60. The van der Waals surface area contributed by atoms with E-state index >= 15 is 0 Å². The van der Waals surface area contributed by atoms with Crippen LogP contribution in [0.5, 0.6) is 0 Å². The van der Waals surface area contributed by atoms with Crippen molar-refractivity contribution in [2.24, 2.45) is 17.1 Å². The smallest absolute Gasteiger partial charge is 0.225 e. The average Bonchev–Trinajstić information content (AvgIpc) is 3.03. The Hall–Kier alpha value is -0.650. The van der Waals surface area contributed by atoms with Crippen molar-refractivity contribution >= 4 is 5.91 Å². The number of nitrogens with zero attached hydrogens (tertiary/aromatic N) is 2. The zero-order chi connectivity index (χ0) is 15.8. The summed E-state index contributed by atoms with van der Waals surface area (Å²) in [4.78, 5) is 17.5. The number of hydrogen-bond donors (Lipinski definition) is 1. The maximum absolute atomic E-state index is 12.5. The van der Waals surface area contributed by atoms with Gasteiger partial charge in [-0.15, -0.1) is 0 Å². The van der Waals surface area contributed by atoms with E-state index in [9.17, 15) is 4.79 Å². The molecule has 2 heterocycles. The Morgan fingerprint density at radius 1 is 1.18 bits per heavy atom. The number of carbonyl (C=O) groups is 1. The van der Waals surface area contributed by atoms with Crippen LogP contribution in [0.2, 0.25) is 0 Å². The van der Waals surface area contributed by atoms with Crippen LogP contribution in [0.4, 0.5) is 0 Å². The molecule has 5 nitrogen and oxygen atoms in total. The Balaban J connectivity index is 1.99. The highest BCUT2D eigenvalue weighted by Crippen LogP contribution is 2.53. The number of piperazine rings is 1. The highest BCUT2D eigenvalue weighted by Gasteiger charge is 2.60. The van der Waals surface area contributed by atoms with Crippen molar-refractivity contribution < 1.29 is 9.53 Å². The third kappa shape index (κ3) is 2.38. The van der Waals surface area contributed by atoms with Crippen LogP contribution in [0.1, 0.15) is 39.0 Å². The summed E-state index contributed by atoms with van der Waals surface area (Å²) in [5.74, 6) is 0.326. The molecule has 2 N–H and O–H groups in total. The second-order valence-electron chi connectivity index (χ2n) is 7.68. The van der Waals surface area contributed by atoms with Crippen molar-refractivity contribution in [1.29, 1.82) is 0 Å². The molecule has 3 aliphatic rings. The molecule has 0 bridgehead atoms. The molecule has 0 spiro atoms. The Morgan fingerprint density at radius 2 is 1.86 bits per heavy atom. The number of hydrogen-bond acceptors (Lipinski definition) is 4. The number of carbonyl (C=O) groups excluding carboxylic acids is 1. The van der Waals surface area contributed by atoms with Crippen molar-refractivity contribution in [3.05, 3.63) is 0 Å². The first-order valence-electron chi connectivity index (χ1n) is 8.82. The van der Waals surface area contributed by atoms with Gasteiger partial charge in [-0.05, 0) is 33.2 Å². The predicted molar refractivity (Wildman–Crippen MR) is 86.5 cm³/mol. The van der Waals surface area contributed by atoms with Crippen LogP contribution in [0.15, 0.2) is 0 Å². The highest BCUT2D eigenvalue weighted by atomic mass is 16.5. The van der Waals surface area contributed by atoms with Gasteiger partial charge in [0.25, 0.3) is 0 Å². The normalized spacial score (nSPS) is 41.6. The van der Waals surface area contributed by atoms with E-state index in [0.717, 1.165) is 65.1 Å². The molecule has 0 aromatic heterocycles. The number of rotatable bonds is 3. The highest BCUT2D eigenvalue weighted by molar-refractivity contribution is 5.82. The first-order valence-corrected chi connectivity index (χ1v) is 8.82. The second kappa shape index (κ2) is 6.10. The average molecular weight is 309 g/mol.